The van der Waals surface area contributed by atoms with Crippen molar-refractivity contribution in [2.45, 2.75) is 33.1 Å². The fourth-order valence-electron chi connectivity index (χ4n) is 1.91. The average molecular weight is 239 g/mol. The molecule has 0 bridgehead atoms. The predicted octanol–water partition coefficient (Wildman–Crippen LogP) is 3.57. The fourth-order valence-corrected chi connectivity index (χ4v) is 1.91. The van der Waals surface area contributed by atoms with Crippen LogP contribution < -0.4 is 5.32 Å². The number of hydrogen-bond donors (Lipinski definition) is 1. The molecule has 1 rings (SSSR count). The molecule has 0 aromatic heterocycles. The van der Waals surface area contributed by atoms with Gasteiger partial charge in [-0.05, 0) is 35.6 Å². The van der Waals surface area contributed by atoms with Gasteiger partial charge in [0.2, 0.25) is 0 Å². The summed E-state index contributed by atoms with van der Waals surface area (Å²) < 4.78 is 18.5. The van der Waals surface area contributed by atoms with Crippen molar-refractivity contribution in [3.63, 3.8) is 0 Å². The van der Waals surface area contributed by atoms with E-state index >= 15 is 0 Å². The number of hydrogen-bond acceptors (Lipinski definition) is 2. The van der Waals surface area contributed by atoms with Crippen molar-refractivity contribution in [2.24, 2.45) is 0 Å². The Morgan fingerprint density at radius 1 is 1.35 bits per heavy atom. The summed E-state index contributed by atoms with van der Waals surface area (Å²) in [5.74, 6) is 0.156. The second-order valence-corrected chi connectivity index (χ2v) is 4.46. The van der Waals surface area contributed by atoms with Gasteiger partial charge < -0.3 is 10.1 Å². The molecule has 0 aliphatic rings. The van der Waals surface area contributed by atoms with Crippen LogP contribution in [0.15, 0.2) is 12.1 Å². The highest BCUT2D eigenvalue weighted by Crippen LogP contribution is 2.29. The topological polar surface area (TPSA) is 21.3 Å². The van der Waals surface area contributed by atoms with Crippen LogP contribution in [0.3, 0.4) is 0 Å². The zero-order valence-electron chi connectivity index (χ0n) is 11.1. The smallest absolute Gasteiger partial charge is 0.123 e. The third-order valence-electron chi connectivity index (χ3n) is 2.83. The summed E-state index contributed by atoms with van der Waals surface area (Å²) in [4.78, 5) is 0. The summed E-state index contributed by atoms with van der Waals surface area (Å²) >= 11 is 0. The molecule has 1 aromatic rings. The highest BCUT2D eigenvalue weighted by Gasteiger charge is 2.12. The Labute approximate surface area is 103 Å². The third-order valence-corrected chi connectivity index (χ3v) is 2.83. The molecule has 0 atom stereocenters. The van der Waals surface area contributed by atoms with Crippen molar-refractivity contribution in [1.29, 1.82) is 0 Å². The van der Waals surface area contributed by atoms with Crippen LogP contribution in [0.2, 0.25) is 0 Å². The molecule has 0 unspecified atom stereocenters. The van der Waals surface area contributed by atoms with Gasteiger partial charge in [-0.1, -0.05) is 20.8 Å². The predicted molar refractivity (Wildman–Crippen MR) is 70.2 cm³/mol. The largest absolute Gasteiger partial charge is 0.383 e. The lowest BCUT2D eigenvalue weighted by molar-refractivity contribution is 0.210. The summed E-state index contributed by atoms with van der Waals surface area (Å²) in [6.07, 6.45) is 0.826. The first-order valence-electron chi connectivity index (χ1n) is 6.15. The van der Waals surface area contributed by atoms with Crippen LogP contribution in [-0.2, 0) is 11.2 Å². The van der Waals surface area contributed by atoms with Gasteiger partial charge in [-0.25, -0.2) is 4.39 Å². The molecule has 17 heavy (non-hydrogen) atoms. The van der Waals surface area contributed by atoms with Crippen LogP contribution in [0.4, 0.5) is 10.1 Å². The molecule has 0 saturated carbocycles. The Morgan fingerprint density at radius 2 is 2.06 bits per heavy atom. The number of ether oxygens (including phenoxy) is 1. The molecule has 0 spiro atoms. The monoisotopic (exact) mass is 239 g/mol. The van der Waals surface area contributed by atoms with Gasteiger partial charge in [0.25, 0.3) is 0 Å². The minimum Gasteiger partial charge on any atom is -0.383 e. The molecular formula is C14H22FNO. The highest BCUT2D eigenvalue weighted by atomic mass is 19.1. The van der Waals surface area contributed by atoms with Crippen LogP contribution in [0.25, 0.3) is 0 Å². The van der Waals surface area contributed by atoms with E-state index in [1.165, 1.54) is 0 Å². The van der Waals surface area contributed by atoms with Crippen molar-refractivity contribution >= 4 is 5.69 Å². The van der Waals surface area contributed by atoms with Gasteiger partial charge in [-0.3, -0.25) is 0 Å². The van der Waals surface area contributed by atoms with E-state index in [9.17, 15) is 4.39 Å². The van der Waals surface area contributed by atoms with E-state index in [-0.39, 0.29) is 5.82 Å². The Bertz CT molecular complexity index is 363. The zero-order chi connectivity index (χ0) is 12.8. The van der Waals surface area contributed by atoms with E-state index in [1.807, 2.05) is 6.92 Å². The molecule has 1 aromatic carbocycles. The minimum atomic E-state index is -0.150. The van der Waals surface area contributed by atoms with Crippen molar-refractivity contribution in [3.05, 3.63) is 29.1 Å². The molecule has 0 amide bonds. The van der Waals surface area contributed by atoms with Crippen molar-refractivity contribution in [2.75, 3.05) is 25.6 Å². The van der Waals surface area contributed by atoms with Crippen molar-refractivity contribution in [1.82, 2.24) is 0 Å². The van der Waals surface area contributed by atoms with E-state index in [0.717, 1.165) is 29.8 Å². The van der Waals surface area contributed by atoms with Gasteiger partial charge in [0.05, 0.1) is 6.61 Å². The van der Waals surface area contributed by atoms with Crippen LogP contribution in [0.5, 0.6) is 0 Å². The van der Waals surface area contributed by atoms with E-state index in [4.69, 9.17) is 4.74 Å². The summed E-state index contributed by atoms with van der Waals surface area (Å²) in [6.45, 7) is 7.60. The summed E-state index contributed by atoms with van der Waals surface area (Å²) in [7, 11) is 1.68. The Balaban J connectivity index is 3.04. The van der Waals surface area contributed by atoms with Gasteiger partial charge in [0.1, 0.15) is 5.82 Å². The standard InChI is InChI=1S/C14H22FNO/c1-5-11-8-12(15)9-13(10(2)3)14(11)16-6-7-17-4/h8-10,16H,5-7H2,1-4H3. The maximum Gasteiger partial charge on any atom is 0.123 e. The van der Waals surface area contributed by atoms with Gasteiger partial charge in [-0.2, -0.15) is 0 Å². The first-order chi connectivity index (χ1) is 8.10. The normalized spacial score (nSPS) is 10.9. The Morgan fingerprint density at radius 3 is 2.59 bits per heavy atom. The van der Waals surface area contributed by atoms with E-state index in [2.05, 4.69) is 19.2 Å². The quantitative estimate of drug-likeness (QED) is 0.766. The van der Waals surface area contributed by atoms with Crippen LogP contribution in [0.1, 0.15) is 37.8 Å². The third kappa shape index (κ3) is 3.70. The lowest BCUT2D eigenvalue weighted by atomic mass is 9.96. The van der Waals surface area contributed by atoms with Gasteiger partial charge >= 0.3 is 0 Å². The Kier molecular flexibility index (Phi) is 5.42. The van der Waals surface area contributed by atoms with Crippen molar-refractivity contribution < 1.29 is 9.13 Å². The zero-order valence-corrected chi connectivity index (χ0v) is 11.1. The highest BCUT2D eigenvalue weighted by molar-refractivity contribution is 5.59. The maximum absolute atomic E-state index is 13.5. The number of anilines is 1. The van der Waals surface area contributed by atoms with Gasteiger partial charge in [0.15, 0.2) is 0 Å². The molecule has 0 saturated heterocycles. The number of methoxy groups -OCH3 is 1. The molecule has 3 heteroatoms. The number of benzene rings is 1. The van der Waals surface area contributed by atoms with E-state index < -0.39 is 0 Å². The van der Waals surface area contributed by atoms with Crippen molar-refractivity contribution in [3.8, 4) is 0 Å². The second-order valence-electron chi connectivity index (χ2n) is 4.46. The van der Waals surface area contributed by atoms with E-state index in [1.54, 1.807) is 19.2 Å². The molecule has 2 nitrogen and oxygen atoms in total. The number of nitrogens with one attached hydrogen (secondary N) is 1. The number of halogens is 1. The molecule has 0 aliphatic carbocycles. The molecule has 0 fully saturated rings. The van der Waals surface area contributed by atoms with Crippen LogP contribution >= 0.6 is 0 Å². The molecule has 1 N–H and O–H groups in total. The van der Waals surface area contributed by atoms with E-state index in [0.29, 0.717) is 12.5 Å². The Hall–Kier alpha value is -1.09. The lowest BCUT2D eigenvalue weighted by Crippen LogP contribution is -2.12. The second kappa shape index (κ2) is 6.60. The van der Waals surface area contributed by atoms with Gasteiger partial charge in [-0.15, -0.1) is 0 Å². The first kappa shape index (κ1) is 14.0. The molecule has 0 heterocycles. The molecule has 0 radical (unpaired) electrons. The SMILES string of the molecule is CCc1cc(F)cc(C(C)C)c1NCCOC. The molecule has 0 aliphatic heterocycles. The van der Waals surface area contributed by atoms with Crippen LogP contribution in [-0.4, -0.2) is 20.3 Å². The first-order valence-corrected chi connectivity index (χ1v) is 6.15. The maximum atomic E-state index is 13.5. The van der Waals surface area contributed by atoms with Crippen LogP contribution in [0, 0.1) is 5.82 Å². The lowest BCUT2D eigenvalue weighted by Gasteiger charge is -2.18. The summed E-state index contributed by atoms with van der Waals surface area (Å²) in [5, 5.41) is 3.35. The average Bonchev–Trinajstić information content (AvgIpc) is 2.30. The fraction of sp³-hybridized carbons (Fsp3) is 0.571. The number of rotatable bonds is 6. The molecular weight excluding hydrogens is 217 g/mol. The minimum absolute atomic E-state index is 0.150. The summed E-state index contributed by atoms with van der Waals surface area (Å²) in [5.41, 5.74) is 3.14. The van der Waals surface area contributed by atoms with Gasteiger partial charge in [0, 0.05) is 19.3 Å². The molecule has 96 valence electrons. The summed E-state index contributed by atoms with van der Waals surface area (Å²) in [6, 6.07) is 3.24. The number of aryl methyl sites for hydroxylation is 1.